The average Bonchev–Trinajstić information content (AvgIpc) is 2.75. The molecule has 4 heteroatoms. The van der Waals surface area contributed by atoms with Gasteiger partial charge in [0.1, 0.15) is 0 Å². The summed E-state index contributed by atoms with van der Waals surface area (Å²) in [6.07, 6.45) is 3.22. The number of nitrogens with one attached hydrogen (secondary N) is 1. The van der Waals surface area contributed by atoms with E-state index in [4.69, 9.17) is 0 Å². The van der Waals surface area contributed by atoms with Crippen molar-refractivity contribution in [2.45, 2.75) is 13.0 Å². The second kappa shape index (κ2) is 6.16. The summed E-state index contributed by atoms with van der Waals surface area (Å²) in [5, 5.41) is 3.14. The molecule has 0 aromatic carbocycles. The Balaban J connectivity index is 1.95. The van der Waals surface area contributed by atoms with E-state index in [1.165, 1.54) is 25.2 Å². The molecule has 1 N–H and O–H groups in total. The Morgan fingerprint density at radius 2 is 2.39 bits per heavy atom. The maximum atomic E-state index is 4.36. The quantitative estimate of drug-likeness (QED) is 0.848. The number of pyridine rings is 1. The highest BCUT2D eigenvalue weighted by molar-refractivity contribution is 5.45. The highest BCUT2D eigenvalue weighted by Crippen LogP contribution is 2.19. The lowest BCUT2D eigenvalue weighted by Gasteiger charge is -2.23. The zero-order valence-electron chi connectivity index (χ0n) is 11.7. The summed E-state index contributed by atoms with van der Waals surface area (Å²) in [5.74, 6) is 0.793. The molecule has 0 saturated carbocycles. The standard InChI is InChI=1S/C14H24N4/c1-15-9-13-8-14(4-6-16-13)18(3)11-12-5-7-17(2)10-12/h4,6,8,12,15H,5,7,9-11H2,1-3H3. The van der Waals surface area contributed by atoms with Crippen molar-refractivity contribution in [3.05, 3.63) is 24.0 Å². The lowest BCUT2D eigenvalue weighted by molar-refractivity contribution is 0.396. The van der Waals surface area contributed by atoms with Crippen molar-refractivity contribution >= 4 is 5.69 Å². The molecule has 2 rings (SSSR count). The van der Waals surface area contributed by atoms with Crippen molar-refractivity contribution in [2.24, 2.45) is 5.92 Å². The Labute approximate surface area is 110 Å². The molecule has 18 heavy (non-hydrogen) atoms. The fourth-order valence-electron chi connectivity index (χ4n) is 2.65. The van der Waals surface area contributed by atoms with Gasteiger partial charge in [0, 0.05) is 38.6 Å². The third kappa shape index (κ3) is 3.43. The minimum absolute atomic E-state index is 0.793. The first-order valence-electron chi connectivity index (χ1n) is 6.68. The van der Waals surface area contributed by atoms with Crippen LogP contribution >= 0.6 is 0 Å². The Kier molecular flexibility index (Phi) is 4.55. The number of hydrogen-bond donors (Lipinski definition) is 1. The van der Waals surface area contributed by atoms with Crippen molar-refractivity contribution < 1.29 is 0 Å². The van der Waals surface area contributed by atoms with Crippen molar-refractivity contribution in [1.82, 2.24) is 15.2 Å². The molecular formula is C14H24N4. The fraction of sp³-hybridized carbons (Fsp3) is 0.643. The van der Waals surface area contributed by atoms with Gasteiger partial charge in [-0.15, -0.1) is 0 Å². The molecule has 0 radical (unpaired) electrons. The van der Waals surface area contributed by atoms with Gasteiger partial charge in [0.25, 0.3) is 0 Å². The largest absolute Gasteiger partial charge is 0.374 e. The number of rotatable bonds is 5. The van der Waals surface area contributed by atoms with Crippen LogP contribution in [-0.4, -0.2) is 50.7 Å². The normalized spacial score (nSPS) is 20.3. The Morgan fingerprint density at radius 3 is 3.06 bits per heavy atom. The smallest absolute Gasteiger partial charge is 0.0562 e. The van der Waals surface area contributed by atoms with Gasteiger partial charge in [0.15, 0.2) is 0 Å². The van der Waals surface area contributed by atoms with Crippen molar-refractivity contribution in [1.29, 1.82) is 0 Å². The molecule has 4 nitrogen and oxygen atoms in total. The molecule has 1 saturated heterocycles. The molecule has 0 aliphatic carbocycles. The van der Waals surface area contributed by atoms with Gasteiger partial charge in [-0.1, -0.05) is 0 Å². The number of nitrogens with zero attached hydrogens (tertiary/aromatic N) is 3. The van der Waals surface area contributed by atoms with Crippen LogP contribution in [0.5, 0.6) is 0 Å². The Hall–Kier alpha value is -1.13. The lowest BCUT2D eigenvalue weighted by Crippen LogP contribution is -2.27. The highest BCUT2D eigenvalue weighted by Gasteiger charge is 2.20. The summed E-state index contributed by atoms with van der Waals surface area (Å²) < 4.78 is 0. The van der Waals surface area contributed by atoms with Crippen molar-refractivity contribution in [3.63, 3.8) is 0 Å². The summed E-state index contributed by atoms with van der Waals surface area (Å²) in [4.78, 5) is 9.12. The fourth-order valence-corrected chi connectivity index (χ4v) is 2.65. The van der Waals surface area contributed by atoms with Gasteiger partial charge in [-0.05, 0) is 45.1 Å². The predicted molar refractivity (Wildman–Crippen MR) is 75.9 cm³/mol. The van der Waals surface area contributed by atoms with E-state index < -0.39 is 0 Å². The van der Waals surface area contributed by atoms with Crippen LogP contribution in [0.4, 0.5) is 5.69 Å². The van der Waals surface area contributed by atoms with Crippen LogP contribution in [0, 0.1) is 5.92 Å². The van der Waals surface area contributed by atoms with Gasteiger partial charge in [-0.2, -0.15) is 0 Å². The third-order valence-electron chi connectivity index (χ3n) is 3.62. The Bertz CT molecular complexity index is 380. The summed E-state index contributed by atoms with van der Waals surface area (Å²) in [6.45, 7) is 4.42. The maximum absolute atomic E-state index is 4.36. The number of aromatic nitrogens is 1. The number of likely N-dealkylation sites (tertiary alicyclic amines) is 1. The van der Waals surface area contributed by atoms with E-state index in [0.717, 1.165) is 24.7 Å². The van der Waals surface area contributed by atoms with E-state index in [-0.39, 0.29) is 0 Å². The highest BCUT2D eigenvalue weighted by atomic mass is 15.2. The zero-order valence-corrected chi connectivity index (χ0v) is 11.7. The molecule has 100 valence electrons. The van der Waals surface area contributed by atoms with Crippen LogP contribution in [0.3, 0.4) is 0 Å². The molecule has 1 atom stereocenters. The molecule has 0 amide bonds. The first kappa shape index (κ1) is 13.3. The van der Waals surface area contributed by atoms with E-state index in [1.807, 2.05) is 13.2 Å². The van der Waals surface area contributed by atoms with Gasteiger partial charge in [-0.3, -0.25) is 4.98 Å². The average molecular weight is 248 g/mol. The van der Waals surface area contributed by atoms with Crippen molar-refractivity contribution in [2.75, 3.05) is 45.7 Å². The summed E-state index contributed by atoms with van der Waals surface area (Å²) >= 11 is 0. The van der Waals surface area contributed by atoms with Crippen LogP contribution in [0.1, 0.15) is 12.1 Å². The molecule has 1 aromatic rings. The van der Waals surface area contributed by atoms with Crippen LogP contribution in [-0.2, 0) is 6.54 Å². The minimum atomic E-state index is 0.793. The number of hydrogen-bond acceptors (Lipinski definition) is 4. The van der Waals surface area contributed by atoms with Crippen LogP contribution < -0.4 is 10.2 Å². The molecular weight excluding hydrogens is 224 g/mol. The van der Waals surface area contributed by atoms with E-state index in [1.54, 1.807) is 0 Å². The Morgan fingerprint density at radius 1 is 1.56 bits per heavy atom. The first-order valence-corrected chi connectivity index (χ1v) is 6.68. The van der Waals surface area contributed by atoms with Gasteiger partial charge in [-0.25, -0.2) is 0 Å². The van der Waals surface area contributed by atoms with Crippen LogP contribution in [0.25, 0.3) is 0 Å². The molecule has 1 aliphatic heterocycles. The van der Waals surface area contributed by atoms with Gasteiger partial charge < -0.3 is 15.1 Å². The monoisotopic (exact) mass is 248 g/mol. The van der Waals surface area contributed by atoms with Gasteiger partial charge >= 0.3 is 0 Å². The summed E-state index contributed by atoms with van der Waals surface area (Å²) in [6, 6.07) is 4.27. The first-order chi connectivity index (χ1) is 8.69. The van der Waals surface area contributed by atoms with E-state index >= 15 is 0 Å². The molecule has 1 aliphatic rings. The SMILES string of the molecule is CNCc1cc(N(C)CC2CCN(C)C2)ccn1. The van der Waals surface area contributed by atoms with Gasteiger partial charge in [0.2, 0.25) is 0 Å². The third-order valence-corrected chi connectivity index (χ3v) is 3.62. The second-order valence-electron chi connectivity index (χ2n) is 5.33. The summed E-state index contributed by atoms with van der Waals surface area (Å²) in [5.41, 5.74) is 2.37. The molecule has 1 aromatic heterocycles. The van der Waals surface area contributed by atoms with Gasteiger partial charge in [0.05, 0.1) is 5.69 Å². The predicted octanol–water partition coefficient (Wildman–Crippen LogP) is 1.19. The molecule has 1 fully saturated rings. The molecule has 0 bridgehead atoms. The van der Waals surface area contributed by atoms with E-state index in [0.29, 0.717) is 0 Å². The van der Waals surface area contributed by atoms with Crippen molar-refractivity contribution in [3.8, 4) is 0 Å². The van der Waals surface area contributed by atoms with E-state index in [2.05, 4.69) is 46.3 Å². The van der Waals surface area contributed by atoms with Crippen LogP contribution in [0.2, 0.25) is 0 Å². The molecule has 1 unspecified atom stereocenters. The summed E-state index contributed by atoms with van der Waals surface area (Å²) in [7, 11) is 6.33. The maximum Gasteiger partial charge on any atom is 0.0562 e. The minimum Gasteiger partial charge on any atom is -0.374 e. The second-order valence-corrected chi connectivity index (χ2v) is 5.33. The lowest BCUT2D eigenvalue weighted by atomic mass is 10.1. The number of anilines is 1. The zero-order chi connectivity index (χ0) is 13.0. The molecule has 0 spiro atoms. The van der Waals surface area contributed by atoms with E-state index in [9.17, 15) is 0 Å². The molecule has 2 heterocycles. The van der Waals surface area contributed by atoms with Crippen LogP contribution in [0.15, 0.2) is 18.3 Å². The topological polar surface area (TPSA) is 31.4 Å².